The Morgan fingerprint density at radius 2 is 2.11 bits per heavy atom. The minimum atomic E-state index is 0.377. The number of hydrogen-bond acceptors (Lipinski definition) is 4. The van der Waals surface area contributed by atoms with Gasteiger partial charge < -0.3 is 19.5 Å². The van der Waals surface area contributed by atoms with Crippen molar-refractivity contribution in [3.8, 4) is 0 Å². The highest BCUT2D eigenvalue weighted by molar-refractivity contribution is 4.80. The van der Waals surface area contributed by atoms with E-state index in [1.807, 2.05) is 7.05 Å². The third-order valence-corrected chi connectivity index (χ3v) is 4.33. The van der Waals surface area contributed by atoms with Crippen LogP contribution in [-0.2, 0) is 14.2 Å². The van der Waals surface area contributed by atoms with Crippen LogP contribution in [0.2, 0.25) is 0 Å². The molecule has 18 heavy (non-hydrogen) atoms. The van der Waals surface area contributed by atoms with Gasteiger partial charge in [0, 0.05) is 25.7 Å². The van der Waals surface area contributed by atoms with E-state index in [4.69, 9.17) is 14.2 Å². The van der Waals surface area contributed by atoms with E-state index in [2.05, 4.69) is 5.32 Å². The fraction of sp³-hybridized carbons (Fsp3) is 1.00. The zero-order valence-corrected chi connectivity index (χ0v) is 11.7. The summed E-state index contributed by atoms with van der Waals surface area (Å²) < 4.78 is 17.0. The van der Waals surface area contributed by atoms with Crippen LogP contribution < -0.4 is 5.32 Å². The number of ether oxygens (including phenoxy) is 3. The van der Waals surface area contributed by atoms with Crippen LogP contribution in [0.1, 0.15) is 32.1 Å². The summed E-state index contributed by atoms with van der Waals surface area (Å²) in [7, 11) is 3.82. The number of rotatable bonds is 6. The fourth-order valence-electron chi connectivity index (χ4n) is 3.03. The summed E-state index contributed by atoms with van der Waals surface area (Å²) in [6, 6.07) is 0.426. The Morgan fingerprint density at radius 3 is 2.78 bits per heavy atom. The van der Waals surface area contributed by atoms with Crippen LogP contribution in [0.4, 0.5) is 0 Å². The van der Waals surface area contributed by atoms with E-state index in [-0.39, 0.29) is 0 Å². The van der Waals surface area contributed by atoms with E-state index >= 15 is 0 Å². The Morgan fingerprint density at radius 1 is 1.28 bits per heavy atom. The van der Waals surface area contributed by atoms with E-state index in [1.54, 1.807) is 7.11 Å². The third-order valence-electron chi connectivity index (χ3n) is 4.33. The maximum atomic E-state index is 6.08. The Kier molecular flexibility index (Phi) is 5.89. The van der Waals surface area contributed by atoms with Crippen LogP contribution in [0.3, 0.4) is 0 Å². The van der Waals surface area contributed by atoms with E-state index in [0.717, 1.165) is 32.7 Å². The second kappa shape index (κ2) is 7.43. The average Bonchev–Trinajstić information content (AvgIpc) is 2.94. The Balaban J connectivity index is 1.71. The molecule has 0 bridgehead atoms. The Hall–Kier alpha value is -0.160. The van der Waals surface area contributed by atoms with Gasteiger partial charge in [-0.25, -0.2) is 0 Å². The number of hydrogen-bond donors (Lipinski definition) is 1. The van der Waals surface area contributed by atoms with Crippen molar-refractivity contribution in [2.75, 3.05) is 34.0 Å². The average molecular weight is 257 g/mol. The fourth-order valence-corrected chi connectivity index (χ4v) is 3.03. The lowest BCUT2D eigenvalue weighted by Gasteiger charge is -2.30. The van der Waals surface area contributed by atoms with E-state index < -0.39 is 0 Å². The van der Waals surface area contributed by atoms with Crippen LogP contribution in [0.15, 0.2) is 0 Å². The Bertz CT molecular complexity index is 231. The van der Waals surface area contributed by atoms with Crippen molar-refractivity contribution >= 4 is 0 Å². The van der Waals surface area contributed by atoms with Gasteiger partial charge in [0.1, 0.15) is 0 Å². The molecule has 4 unspecified atom stereocenters. The lowest BCUT2D eigenvalue weighted by atomic mass is 9.94. The lowest BCUT2D eigenvalue weighted by Crippen LogP contribution is -2.40. The van der Waals surface area contributed by atoms with Crippen LogP contribution in [-0.4, -0.2) is 52.2 Å². The molecule has 2 rings (SSSR count). The molecule has 0 aromatic heterocycles. The quantitative estimate of drug-likeness (QED) is 0.784. The molecule has 2 fully saturated rings. The maximum absolute atomic E-state index is 6.08. The first-order valence-electron chi connectivity index (χ1n) is 7.23. The number of nitrogens with one attached hydrogen (secondary N) is 1. The summed E-state index contributed by atoms with van der Waals surface area (Å²) in [6.07, 6.45) is 6.56. The van der Waals surface area contributed by atoms with E-state index in [9.17, 15) is 0 Å². The minimum Gasteiger partial charge on any atom is -0.381 e. The van der Waals surface area contributed by atoms with Crippen molar-refractivity contribution < 1.29 is 14.2 Å². The summed E-state index contributed by atoms with van der Waals surface area (Å²) >= 11 is 0. The highest BCUT2D eigenvalue weighted by Crippen LogP contribution is 2.24. The summed E-state index contributed by atoms with van der Waals surface area (Å²) in [5.74, 6) is 0.608. The molecule has 1 N–H and O–H groups in total. The van der Waals surface area contributed by atoms with Gasteiger partial charge in [0.25, 0.3) is 0 Å². The maximum Gasteiger partial charge on any atom is 0.0626 e. The predicted molar refractivity (Wildman–Crippen MR) is 70.8 cm³/mol. The largest absolute Gasteiger partial charge is 0.381 e. The molecule has 106 valence electrons. The minimum absolute atomic E-state index is 0.377. The first-order valence-corrected chi connectivity index (χ1v) is 7.23. The summed E-state index contributed by atoms with van der Waals surface area (Å²) in [4.78, 5) is 0. The van der Waals surface area contributed by atoms with E-state index in [0.29, 0.717) is 24.2 Å². The molecular weight excluding hydrogens is 230 g/mol. The molecule has 0 radical (unpaired) electrons. The topological polar surface area (TPSA) is 39.7 Å². The zero-order chi connectivity index (χ0) is 12.8. The van der Waals surface area contributed by atoms with Crippen molar-refractivity contribution in [2.24, 2.45) is 5.92 Å². The van der Waals surface area contributed by atoms with E-state index in [1.165, 1.54) is 19.3 Å². The van der Waals surface area contributed by atoms with Crippen molar-refractivity contribution in [3.05, 3.63) is 0 Å². The standard InChI is InChI=1S/C14H27NO3/c1-15-14(11-6-7-17-9-11)10-18-13-5-3-4-12(8-13)16-2/h11-15H,3-10H2,1-2H3. The molecule has 0 spiro atoms. The lowest BCUT2D eigenvalue weighted by molar-refractivity contribution is -0.0393. The normalized spacial score (nSPS) is 34.7. The molecule has 0 aromatic carbocycles. The first-order chi connectivity index (χ1) is 8.83. The zero-order valence-electron chi connectivity index (χ0n) is 11.7. The van der Waals surface area contributed by atoms with Crippen LogP contribution >= 0.6 is 0 Å². The van der Waals surface area contributed by atoms with Gasteiger partial charge in [-0.2, -0.15) is 0 Å². The molecule has 1 saturated carbocycles. The Labute approximate surface area is 110 Å². The van der Waals surface area contributed by atoms with Gasteiger partial charge in [0.2, 0.25) is 0 Å². The predicted octanol–water partition coefficient (Wildman–Crippen LogP) is 1.59. The van der Waals surface area contributed by atoms with Gasteiger partial charge in [-0.3, -0.25) is 0 Å². The number of methoxy groups -OCH3 is 1. The van der Waals surface area contributed by atoms with Crippen LogP contribution in [0.25, 0.3) is 0 Å². The first kappa shape index (κ1) is 14.3. The highest BCUT2D eigenvalue weighted by Gasteiger charge is 2.27. The molecular formula is C14H27NO3. The van der Waals surface area contributed by atoms with Gasteiger partial charge in [-0.1, -0.05) is 0 Å². The highest BCUT2D eigenvalue weighted by atomic mass is 16.5. The third kappa shape index (κ3) is 3.92. The molecule has 4 atom stereocenters. The smallest absolute Gasteiger partial charge is 0.0626 e. The molecule has 0 aromatic rings. The summed E-state index contributed by atoms with van der Waals surface area (Å²) in [5.41, 5.74) is 0. The molecule has 2 aliphatic rings. The second-order valence-corrected chi connectivity index (χ2v) is 5.50. The van der Waals surface area contributed by atoms with Gasteiger partial charge in [0.05, 0.1) is 25.4 Å². The van der Waals surface area contributed by atoms with Gasteiger partial charge in [-0.15, -0.1) is 0 Å². The van der Waals surface area contributed by atoms with Crippen LogP contribution in [0.5, 0.6) is 0 Å². The van der Waals surface area contributed by atoms with Crippen molar-refractivity contribution in [1.82, 2.24) is 5.32 Å². The second-order valence-electron chi connectivity index (χ2n) is 5.50. The molecule has 1 aliphatic heterocycles. The van der Waals surface area contributed by atoms with Crippen LogP contribution in [0, 0.1) is 5.92 Å². The molecule has 4 heteroatoms. The van der Waals surface area contributed by atoms with Gasteiger partial charge in [0.15, 0.2) is 0 Å². The van der Waals surface area contributed by atoms with Crippen molar-refractivity contribution in [3.63, 3.8) is 0 Å². The molecule has 0 amide bonds. The van der Waals surface area contributed by atoms with Gasteiger partial charge >= 0.3 is 0 Å². The summed E-state index contributed by atoms with van der Waals surface area (Å²) in [6.45, 7) is 2.57. The van der Waals surface area contributed by atoms with Crippen molar-refractivity contribution in [2.45, 2.75) is 50.4 Å². The summed E-state index contributed by atoms with van der Waals surface area (Å²) in [5, 5.41) is 3.37. The van der Waals surface area contributed by atoms with Crippen molar-refractivity contribution in [1.29, 1.82) is 0 Å². The SMILES string of the molecule is CNC(COC1CCCC(OC)C1)C1CCOC1. The molecule has 1 aliphatic carbocycles. The van der Waals surface area contributed by atoms with Gasteiger partial charge in [-0.05, 0) is 39.2 Å². The molecule has 1 saturated heterocycles. The molecule has 1 heterocycles. The number of likely N-dealkylation sites (N-methyl/N-ethyl adjacent to an activating group) is 1. The monoisotopic (exact) mass is 257 g/mol. The molecule has 4 nitrogen and oxygen atoms in total.